The van der Waals surface area contributed by atoms with Gasteiger partial charge in [-0.15, -0.1) is 6.58 Å². The highest BCUT2D eigenvalue weighted by atomic mass is 79.9. The van der Waals surface area contributed by atoms with Gasteiger partial charge in [-0.1, -0.05) is 26.0 Å². The van der Waals surface area contributed by atoms with Crippen LogP contribution >= 0.6 is 31.9 Å². The zero-order chi connectivity index (χ0) is 18.8. The van der Waals surface area contributed by atoms with Crippen LogP contribution in [0, 0.1) is 39.9 Å². The first kappa shape index (κ1) is 19.5. The maximum Gasteiger partial charge on any atom is 0.311 e. The van der Waals surface area contributed by atoms with Gasteiger partial charge >= 0.3 is 5.97 Å². The number of carbonyl (C=O) groups is 1. The largest absolute Gasteiger partial charge is 0.442 e. The van der Waals surface area contributed by atoms with Crippen LogP contribution in [-0.2, 0) is 16.1 Å². The normalized spacial score (nSPS) is 21.4. The van der Waals surface area contributed by atoms with E-state index in [-0.39, 0.29) is 17.3 Å². The molecule has 0 bridgehead atoms. The van der Waals surface area contributed by atoms with Crippen LogP contribution in [0.1, 0.15) is 31.2 Å². The van der Waals surface area contributed by atoms with Gasteiger partial charge in [0.1, 0.15) is 17.8 Å². The smallest absolute Gasteiger partial charge is 0.311 e. The van der Waals surface area contributed by atoms with Crippen molar-refractivity contribution in [1.29, 1.82) is 10.5 Å². The monoisotopic (exact) mass is 465 g/mol. The second kappa shape index (κ2) is 7.59. The average Bonchev–Trinajstić information content (AvgIpc) is 2.90. The lowest BCUT2D eigenvalue weighted by Crippen LogP contribution is -2.14. The van der Waals surface area contributed by atoms with E-state index < -0.39 is 12.1 Å². The van der Waals surface area contributed by atoms with Gasteiger partial charge in [0.15, 0.2) is 0 Å². The Balaban J connectivity index is 2.17. The van der Waals surface area contributed by atoms with Gasteiger partial charge < -0.3 is 9.30 Å². The molecule has 0 saturated heterocycles. The summed E-state index contributed by atoms with van der Waals surface area (Å²) in [5.41, 5.74) is 0.652. The maximum absolute atomic E-state index is 12.5. The van der Waals surface area contributed by atoms with Crippen molar-refractivity contribution in [1.82, 2.24) is 4.57 Å². The van der Waals surface area contributed by atoms with Crippen LogP contribution in [0.25, 0.3) is 0 Å². The van der Waals surface area contributed by atoms with Gasteiger partial charge in [-0.25, -0.2) is 0 Å². The number of esters is 1. The van der Waals surface area contributed by atoms with E-state index in [2.05, 4.69) is 44.5 Å². The van der Waals surface area contributed by atoms with Gasteiger partial charge in [0, 0.05) is 18.3 Å². The maximum atomic E-state index is 12.5. The quantitative estimate of drug-likeness (QED) is 0.454. The molecule has 1 aromatic heterocycles. The van der Waals surface area contributed by atoms with Gasteiger partial charge in [0.05, 0.1) is 9.31 Å². The molecular weight excluding hydrogens is 450 g/mol. The van der Waals surface area contributed by atoms with Crippen LogP contribution in [-0.4, -0.2) is 10.5 Å². The topological polar surface area (TPSA) is 78.8 Å². The molecule has 0 N–H and O–H groups in total. The predicted octanol–water partition coefficient (Wildman–Crippen LogP) is 4.56. The summed E-state index contributed by atoms with van der Waals surface area (Å²) >= 11 is 6.62. The Morgan fingerprint density at radius 2 is 2.20 bits per heavy atom. The molecule has 2 rings (SSSR count). The summed E-state index contributed by atoms with van der Waals surface area (Å²) < 4.78 is 7.88. The molecule has 1 fully saturated rings. The Morgan fingerprint density at radius 3 is 2.72 bits per heavy atom. The van der Waals surface area contributed by atoms with Crippen molar-refractivity contribution in [2.24, 2.45) is 17.3 Å². The molecular formula is C18H17Br2N3O2. The van der Waals surface area contributed by atoms with Gasteiger partial charge in [-0.05, 0) is 49.3 Å². The van der Waals surface area contributed by atoms with E-state index in [1.807, 2.05) is 26.0 Å². The van der Waals surface area contributed by atoms with Gasteiger partial charge in [0.2, 0.25) is 6.10 Å². The molecule has 7 heteroatoms. The highest BCUT2D eigenvalue weighted by Crippen LogP contribution is 2.60. The number of allylic oxidation sites excluding steroid dienone is 2. The lowest BCUT2D eigenvalue weighted by molar-refractivity contribution is -0.149. The van der Waals surface area contributed by atoms with Crippen molar-refractivity contribution in [2.45, 2.75) is 26.5 Å². The summed E-state index contributed by atoms with van der Waals surface area (Å²) in [6, 6.07) is 5.62. The molecule has 1 heterocycles. The summed E-state index contributed by atoms with van der Waals surface area (Å²) in [4.78, 5) is 12.5. The summed E-state index contributed by atoms with van der Waals surface area (Å²) in [5.74, 6) is -0.679. The molecule has 0 unspecified atom stereocenters. The van der Waals surface area contributed by atoms with Gasteiger partial charge in [-0.2, -0.15) is 10.5 Å². The number of nitrogens with zero attached hydrogens (tertiary/aromatic N) is 3. The number of hydrogen-bond acceptors (Lipinski definition) is 4. The number of aromatic nitrogens is 1. The Labute approximate surface area is 163 Å². The summed E-state index contributed by atoms with van der Waals surface area (Å²) in [6.07, 6.45) is 4.17. The molecule has 130 valence electrons. The molecule has 1 saturated carbocycles. The van der Waals surface area contributed by atoms with E-state index in [0.29, 0.717) is 17.8 Å². The van der Waals surface area contributed by atoms with Crippen LogP contribution in [0.4, 0.5) is 0 Å². The predicted molar refractivity (Wildman–Crippen MR) is 100 cm³/mol. The van der Waals surface area contributed by atoms with E-state index >= 15 is 0 Å². The van der Waals surface area contributed by atoms with Crippen LogP contribution in [0.5, 0.6) is 0 Å². The third-order valence-corrected chi connectivity index (χ3v) is 5.01. The molecule has 1 aliphatic carbocycles. The minimum Gasteiger partial charge on any atom is -0.442 e. The van der Waals surface area contributed by atoms with E-state index in [1.54, 1.807) is 22.9 Å². The van der Waals surface area contributed by atoms with Crippen LogP contribution in [0.2, 0.25) is 0 Å². The number of halogens is 2. The second-order valence-corrected chi connectivity index (χ2v) is 9.21. The van der Waals surface area contributed by atoms with Gasteiger partial charge in [0.25, 0.3) is 0 Å². The van der Waals surface area contributed by atoms with E-state index in [4.69, 9.17) is 10.00 Å². The lowest BCUT2D eigenvalue weighted by atomic mass is 10.1. The second-order valence-electron chi connectivity index (χ2n) is 6.44. The van der Waals surface area contributed by atoms with Gasteiger partial charge in [-0.3, -0.25) is 4.79 Å². The molecule has 1 aromatic rings. The molecule has 0 radical (unpaired) electrons. The molecule has 3 atom stereocenters. The molecule has 0 aliphatic heterocycles. The first-order valence-electron chi connectivity index (χ1n) is 7.60. The van der Waals surface area contributed by atoms with E-state index in [9.17, 15) is 10.1 Å². The third-order valence-electron chi connectivity index (χ3n) is 4.48. The number of ether oxygens (including phenoxy) is 1. The van der Waals surface area contributed by atoms with Crippen molar-refractivity contribution in [3.05, 3.63) is 45.6 Å². The Hall–Kier alpha value is -1.83. The number of hydrogen-bond donors (Lipinski definition) is 0. The highest BCUT2D eigenvalue weighted by Gasteiger charge is 2.61. The minimum atomic E-state index is -1.04. The number of rotatable bonds is 6. The zero-order valence-corrected chi connectivity index (χ0v) is 17.0. The average molecular weight is 467 g/mol. The lowest BCUT2D eigenvalue weighted by Gasteiger charge is -2.10. The van der Waals surface area contributed by atoms with Crippen molar-refractivity contribution in [3.8, 4) is 12.1 Å². The van der Waals surface area contributed by atoms with E-state index in [1.165, 1.54) is 0 Å². The number of carbonyl (C=O) groups excluding carboxylic acids is 1. The summed E-state index contributed by atoms with van der Waals surface area (Å²) in [6.45, 7) is 8.05. The van der Waals surface area contributed by atoms with Crippen LogP contribution in [0.15, 0.2) is 34.4 Å². The van der Waals surface area contributed by atoms with Crippen LogP contribution in [0.3, 0.4) is 0 Å². The summed E-state index contributed by atoms with van der Waals surface area (Å²) in [7, 11) is 0. The van der Waals surface area contributed by atoms with Crippen LogP contribution < -0.4 is 0 Å². The Kier molecular flexibility index (Phi) is 5.92. The molecule has 0 aromatic carbocycles. The highest BCUT2D eigenvalue weighted by molar-refractivity contribution is 9.28. The Morgan fingerprint density at radius 1 is 1.52 bits per heavy atom. The molecule has 1 aliphatic rings. The fourth-order valence-corrected chi connectivity index (χ4v) is 3.56. The standard InChI is InChI=1S/C18H17Br2N3O2/c1-4-5-23-10-11(6-12(23)8-21)14(9-22)25-17(24)16-13(7-15(19)20)18(16,2)3/h4,6-7,10,13-14,16H,1,5H2,2-3H3/t13-,14-,16-/m0/s1. The first-order chi connectivity index (χ1) is 11.8. The van der Waals surface area contributed by atoms with Crippen molar-refractivity contribution < 1.29 is 9.53 Å². The third kappa shape index (κ3) is 4.05. The van der Waals surface area contributed by atoms with Crippen molar-refractivity contribution in [2.75, 3.05) is 0 Å². The number of nitriles is 2. The molecule has 25 heavy (non-hydrogen) atoms. The fourth-order valence-electron chi connectivity index (χ4n) is 2.99. The van der Waals surface area contributed by atoms with E-state index in [0.717, 1.165) is 3.39 Å². The SMILES string of the molecule is C=CCn1cc([C@H](C#N)OC(=O)[C@@H]2[C@H](C=C(Br)Br)C2(C)C)cc1C#N. The Bertz CT molecular complexity index is 807. The first-order valence-corrected chi connectivity index (χ1v) is 9.18. The summed E-state index contributed by atoms with van der Waals surface area (Å²) in [5, 5.41) is 18.6. The zero-order valence-electron chi connectivity index (χ0n) is 13.9. The molecule has 5 nitrogen and oxygen atoms in total. The van der Waals surface area contributed by atoms with Crippen molar-refractivity contribution >= 4 is 37.8 Å². The van der Waals surface area contributed by atoms with Crippen molar-refractivity contribution in [3.63, 3.8) is 0 Å². The molecule has 0 amide bonds. The molecule has 0 spiro atoms. The minimum absolute atomic E-state index is 0.0353. The fraction of sp³-hybridized carbons (Fsp3) is 0.389.